The molecule has 4 heteroatoms. The number of rotatable bonds is 3. The molecule has 0 amide bonds. The van der Waals surface area contributed by atoms with Gasteiger partial charge in [-0.1, -0.05) is 13.8 Å². The third-order valence-electron chi connectivity index (χ3n) is 3.76. The first kappa shape index (κ1) is 12.3. The van der Waals surface area contributed by atoms with E-state index in [1.807, 2.05) is 18.5 Å². The van der Waals surface area contributed by atoms with Gasteiger partial charge in [0.25, 0.3) is 0 Å². The summed E-state index contributed by atoms with van der Waals surface area (Å²) in [5.41, 5.74) is 0. The van der Waals surface area contributed by atoms with Gasteiger partial charge in [-0.25, -0.2) is 9.97 Å². The summed E-state index contributed by atoms with van der Waals surface area (Å²) in [6, 6.07) is 2.42. The van der Waals surface area contributed by atoms with Crippen LogP contribution in [0.15, 0.2) is 18.5 Å². The summed E-state index contributed by atoms with van der Waals surface area (Å²) in [7, 11) is 2.11. The summed E-state index contributed by atoms with van der Waals surface area (Å²) in [5.74, 6) is 1.51. The van der Waals surface area contributed by atoms with Gasteiger partial charge in [0.2, 0.25) is 5.95 Å². The molecule has 1 fully saturated rings. The van der Waals surface area contributed by atoms with Gasteiger partial charge in [0.1, 0.15) is 0 Å². The fraction of sp³-hybridized carbons (Fsp3) is 0.692. The molecule has 1 saturated heterocycles. The monoisotopic (exact) mass is 234 g/mol. The van der Waals surface area contributed by atoms with Crippen molar-refractivity contribution in [1.29, 1.82) is 0 Å². The summed E-state index contributed by atoms with van der Waals surface area (Å²) in [6.07, 6.45) is 4.82. The molecule has 0 radical (unpaired) electrons. The molecule has 0 N–H and O–H groups in total. The van der Waals surface area contributed by atoms with Crippen molar-refractivity contribution in [2.75, 3.05) is 31.6 Å². The van der Waals surface area contributed by atoms with Crippen LogP contribution in [0.4, 0.5) is 5.95 Å². The van der Waals surface area contributed by atoms with E-state index < -0.39 is 0 Å². The van der Waals surface area contributed by atoms with Gasteiger partial charge in [-0.3, -0.25) is 0 Å². The highest BCUT2D eigenvalue weighted by molar-refractivity contribution is 5.29. The van der Waals surface area contributed by atoms with Crippen molar-refractivity contribution >= 4 is 5.95 Å². The summed E-state index contributed by atoms with van der Waals surface area (Å²) >= 11 is 0. The molecular weight excluding hydrogens is 212 g/mol. The first-order chi connectivity index (χ1) is 8.22. The Kier molecular flexibility index (Phi) is 3.94. The Hall–Kier alpha value is -1.16. The summed E-state index contributed by atoms with van der Waals surface area (Å²) in [5, 5.41) is 0. The predicted octanol–water partition coefficient (Wildman–Crippen LogP) is 1.64. The highest BCUT2D eigenvalue weighted by Gasteiger charge is 2.29. The average Bonchev–Trinajstić information content (AvgIpc) is 2.39. The normalized spacial score (nSPS) is 25.8. The van der Waals surface area contributed by atoms with Crippen molar-refractivity contribution in [2.45, 2.75) is 26.3 Å². The molecule has 2 rings (SSSR count). The molecule has 0 unspecified atom stereocenters. The van der Waals surface area contributed by atoms with Crippen molar-refractivity contribution in [3.05, 3.63) is 18.5 Å². The van der Waals surface area contributed by atoms with Gasteiger partial charge in [-0.05, 0) is 24.9 Å². The van der Waals surface area contributed by atoms with Crippen LogP contribution in [-0.2, 0) is 0 Å². The fourth-order valence-electron chi connectivity index (χ4n) is 2.70. The van der Waals surface area contributed by atoms with E-state index in [4.69, 9.17) is 0 Å². The SMILES string of the molecule is CCN1CC[C@H](N(C)c2ncccn2)[C@H](C)C1. The Bertz CT molecular complexity index is 341. The molecule has 1 aromatic rings. The number of hydrogen-bond acceptors (Lipinski definition) is 4. The third kappa shape index (κ3) is 2.75. The van der Waals surface area contributed by atoms with E-state index in [2.05, 4.69) is 40.7 Å². The molecule has 2 heterocycles. The van der Waals surface area contributed by atoms with Crippen LogP contribution >= 0.6 is 0 Å². The first-order valence-electron chi connectivity index (χ1n) is 6.44. The Morgan fingerprint density at radius 2 is 2.12 bits per heavy atom. The zero-order chi connectivity index (χ0) is 12.3. The first-order valence-corrected chi connectivity index (χ1v) is 6.44. The van der Waals surface area contributed by atoms with Gasteiger partial charge < -0.3 is 9.80 Å². The average molecular weight is 234 g/mol. The molecule has 1 aromatic heterocycles. The lowest BCUT2D eigenvalue weighted by Crippen LogP contribution is -2.49. The standard InChI is InChI=1S/C13H22N4/c1-4-17-9-6-12(11(2)10-17)16(3)13-14-7-5-8-15-13/h5,7-8,11-12H,4,6,9-10H2,1-3H3/t11-,12+/m1/s1. The summed E-state index contributed by atoms with van der Waals surface area (Å²) in [4.78, 5) is 13.4. The Morgan fingerprint density at radius 1 is 1.41 bits per heavy atom. The van der Waals surface area contributed by atoms with E-state index >= 15 is 0 Å². The maximum Gasteiger partial charge on any atom is 0.225 e. The molecule has 94 valence electrons. The molecular formula is C13H22N4. The van der Waals surface area contributed by atoms with Crippen LogP contribution in [0.5, 0.6) is 0 Å². The molecule has 0 aliphatic carbocycles. The predicted molar refractivity (Wildman–Crippen MR) is 70.1 cm³/mol. The number of hydrogen-bond donors (Lipinski definition) is 0. The second-order valence-corrected chi connectivity index (χ2v) is 4.89. The van der Waals surface area contributed by atoms with Gasteiger partial charge in [-0.2, -0.15) is 0 Å². The fourth-order valence-corrected chi connectivity index (χ4v) is 2.70. The van der Waals surface area contributed by atoms with Crippen molar-refractivity contribution in [3.8, 4) is 0 Å². The highest BCUT2D eigenvalue weighted by Crippen LogP contribution is 2.23. The lowest BCUT2D eigenvalue weighted by molar-refractivity contribution is 0.168. The highest BCUT2D eigenvalue weighted by atomic mass is 15.3. The Balaban J connectivity index is 2.03. The topological polar surface area (TPSA) is 32.3 Å². The van der Waals surface area contributed by atoms with E-state index in [0.29, 0.717) is 12.0 Å². The van der Waals surface area contributed by atoms with E-state index in [-0.39, 0.29) is 0 Å². The maximum absolute atomic E-state index is 4.33. The second-order valence-electron chi connectivity index (χ2n) is 4.89. The molecule has 17 heavy (non-hydrogen) atoms. The van der Waals surface area contributed by atoms with Crippen LogP contribution in [0.3, 0.4) is 0 Å². The molecule has 4 nitrogen and oxygen atoms in total. The molecule has 0 saturated carbocycles. The van der Waals surface area contributed by atoms with Crippen molar-refractivity contribution in [1.82, 2.24) is 14.9 Å². The summed E-state index contributed by atoms with van der Waals surface area (Å²) < 4.78 is 0. The molecule has 0 spiro atoms. The molecule has 1 aliphatic heterocycles. The van der Waals surface area contributed by atoms with E-state index in [9.17, 15) is 0 Å². The van der Waals surface area contributed by atoms with Gasteiger partial charge in [0.15, 0.2) is 0 Å². The molecule has 0 bridgehead atoms. The molecule has 1 aliphatic rings. The van der Waals surface area contributed by atoms with Crippen LogP contribution in [0.1, 0.15) is 20.3 Å². The Labute approximate surface area is 104 Å². The van der Waals surface area contributed by atoms with Crippen molar-refractivity contribution in [3.63, 3.8) is 0 Å². The van der Waals surface area contributed by atoms with Crippen molar-refractivity contribution < 1.29 is 0 Å². The second kappa shape index (κ2) is 5.45. The third-order valence-corrected chi connectivity index (χ3v) is 3.76. The zero-order valence-electron chi connectivity index (χ0n) is 11.0. The smallest absolute Gasteiger partial charge is 0.225 e. The van der Waals surface area contributed by atoms with Gasteiger partial charge >= 0.3 is 0 Å². The van der Waals surface area contributed by atoms with Crippen LogP contribution in [0.2, 0.25) is 0 Å². The minimum atomic E-state index is 0.556. The number of aromatic nitrogens is 2. The molecule has 0 aromatic carbocycles. The minimum Gasteiger partial charge on any atom is -0.341 e. The number of likely N-dealkylation sites (tertiary alicyclic amines) is 1. The van der Waals surface area contributed by atoms with Gasteiger partial charge in [-0.15, -0.1) is 0 Å². The number of piperidine rings is 1. The maximum atomic E-state index is 4.33. The number of anilines is 1. The Morgan fingerprint density at radius 3 is 2.71 bits per heavy atom. The van der Waals surface area contributed by atoms with E-state index in [0.717, 1.165) is 12.5 Å². The lowest BCUT2D eigenvalue weighted by Gasteiger charge is -2.40. The summed E-state index contributed by atoms with van der Waals surface area (Å²) in [6.45, 7) is 8.08. The van der Waals surface area contributed by atoms with Crippen molar-refractivity contribution in [2.24, 2.45) is 5.92 Å². The van der Waals surface area contributed by atoms with Gasteiger partial charge in [0, 0.05) is 38.6 Å². The van der Waals surface area contributed by atoms with Crippen LogP contribution in [0, 0.1) is 5.92 Å². The van der Waals surface area contributed by atoms with Crippen LogP contribution in [0.25, 0.3) is 0 Å². The van der Waals surface area contributed by atoms with E-state index in [1.54, 1.807) is 0 Å². The van der Waals surface area contributed by atoms with Crippen LogP contribution in [-0.4, -0.2) is 47.6 Å². The lowest BCUT2D eigenvalue weighted by atomic mass is 9.93. The van der Waals surface area contributed by atoms with Gasteiger partial charge in [0.05, 0.1) is 0 Å². The molecule has 2 atom stereocenters. The quantitative estimate of drug-likeness (QED) is 0.796. The number of nitrogens with zero attached hydrogens (tertiary/aromatic N) is 4. The van der Waals surface area contributed by atoms with E-state index in [1.165, 1.54) is 19.5 Å². The zero-order valence-corrected chi connectivity index (χ0v) is 11.0. The largest absolute Gasteiger partial charge is 0.341 e. The minimum absolute atomic E-state index is 0.556. The van der Waals surface area contributed by atoms with Crippen LogP contribution < -0.4 is 4.90 Å².